The zero-order chi connectivity index (χ0) is 23.8. The lowest BCUT2D eigenvalue weighted by molar-refractivity contribution is -0.198. The molecule has 0 aromatic heterocycles. The van der Waals surface area contributed by atoms with E-state index in [1.165, 1.54) is 12.8 Å². The van der Waals surface area contributed by atoms with Gasteiger partial charge in [-0.1, -0.05) is 26.2 Å². The van der Waals surface area contributed by atoms with Gasteiger partial charge in [0.25, 0.3) is 17.9 Å². The maximum absolute atomic E-state index is 11.5. The van der Waals surface area contributed by atoms with Gasteiger partial charge in [-0.2, -0.15) is 0 Å². The second-order valence-corrected chi connectivity index (χ2v) is 10.1. The first-order valence-corrected chi connectivity index (χ1v) is 12.7. The van der Waals surface area contributed by atoms with Crippen molar-refractivity contribution in [2.45, 2.75) is 79.1 Å². The van der Waals surface area contributed by atoms with Gasteiger partial charge in [0.2, 0.25) is 5.79 Å². The summed E-state index contributed by atoms with van der Waals surface area (Å²) < 4.78 is 33.1. The van der Waals surface area contributed by atoms with Gasteiger partial charge >= 0.3 is 8.80 Å². The van der Waals surface area contributed by atoms with Crippen LogP contribution in [0, 0.1) is 0 Å². The zero-order valence-electron chi connectivity index (χ0n) is 19.4. The van der Waals surface area contributed by atoms with Gasteiger partial charge in [-0.3, -0.25) is 14.4 Å². The van der Waals surface area contributed by atoms with Crippen molar-refractivity contribution in [1.82, 2.24) is 0 Å². The van der Waals surface area contributed by atoms with Gasteiger partial charge in [0.1, 0.15) is 11.5 Å². The van der Waals surface area contributed by atoms with Crippen molar-refractivity contribution >= 4 is 26.7 Å². The molecule has 0 amide bonds. The normalized spacial score (nSPS) is 17.5. The molecule has 1 unspecified atom stereocenters. The van der Waals surface area contributed by atoms with E-state index in [0.717, 1.165) is 45.6 Å². The number of unbranched alkanes of at least 4 members (excludes halogenated alkanes) is 3. The van der Waals surface area contributed by atoms with Gasteiger partial charge < -0.3 is 27.5 Å². The van der Waals surface area contributed by atoms with Gasteiger partial charge in [-0.25, -0.2) is 0 Å². The molecule has 1 aliphatic heterocycles. The molecule has 32 heavy (non-hydrogen) atoms. The Kier molecular flexibility index (Phi) is 9.08. The summed E-state index contributed by atoms with van der Waals surface area (Å²) >= 11 is 0. The topological polar surface area (TPSA) is 107 Å². The van der Waals surface area contributed by atoms with E-state index in [2.05, 4.69) is 6.92 Å². The third-order valence-electron chi connectivity index (χ3n) is 4.69. The van der Waals surface area contributed by atoms with Crippen LogP contribution in [0.25, 0.3) is 0 Å². The number of carbonyl (C=O) groups excluding carboxylic acids is 3. The molecule has 0 saturated carbocycles. The van der Waals surface area contributed by atoms with Crippen LogP contribution in [0.3, 0.4) is 0 Å². The fraction of sp³-hybridized carbons (Fsp3) is 0.591. The van der Waals surface area contributed by atoms with Crippen LogP contribution in [-0.2, 0) is 39.0 Å². The first-order chi connectivity index (χ1) is 15.1. The number of rotatable bonds is 11. The summed E-state index contributed by atoms with van der Waals surface area (Å²) in [7, 11) is -4.08. The minimum Gasteiger partial charge on any atom is -0.485 e. The van der Waals surface area contributed by atoms with Crippen LogP contribution in [0.5, 0.6) is 11.5 Å². The number of hydrogen-bond donors (Lipinski definition) is 0. The molecule has 1 aromatic carbocycles. The first kappa shape index (κ1) is 25.7. The van der Waals surface area contributed by atoms with E-state index in [9.17, 15) is 14.4 Å². The quantitative estimate of drug-likeness (QED) is 0.354. The van der Waals surface area contributed by atoms with Crippen LogP contribution in [0.2, 0.25) is 0 Å². The fourth-order valence-electron chi connectivity index (χ4n) is 3.33. The van der Waals surface area contributed by atoms with Crippen molar-refractivity contribution in [3.8, 4) is 11.5 Å². The van der Waals surface area contributed by atoms with E-state index in [0.29, 0.717) is 18.1 Å². The van der Waals surface area contributed by atoms with Gasteiger partial charge in [0.05, 0.1) is 6.61 Å². The zero-order valence-corrected chi connectivity index (χ0v) is 20.4. The summed E-state index contributed by atoms with van der Waals surface area (Å²) in [6.07, 6.45) is 4.90. The molecule has 0 bridgehead atoms. The minimum absolute atomic E-state index is 0.344. The van der Waals surface area contributed by atoms with E-state index in [1.807, 2.05) is 6.92 Å². The lowest BCUT2D eigenvalue weighted by Crippen LogP contribution is -2.54. The molecule has 1 aromatic rings. The third kappa shape index (κ3) is 7.83. The second kappa shape index (κ2) is 11.3. The molecule has 0 fully saturated rings. The summed E-state index contributed by atoms with van der Waals surface area (Å²) in [5.41, 5.74) is 0.785. The van der Waals surface area contributed by atoms with Crippen LogP contribution in [0.4, 0.5) is 0 Å². The highest BCUT2D eigenvalue weighted by molar-refractivity contribution is 6.65. The number of carbonyl (C=O) groups is 3. The Balaban J connectivity index is 2.09. The van der Waals surface area contributed by atoms with Crippen LogP contribution >= 0.6 is 0 Å². The van der Waals surface area contributed by atoms with E-state index in [4.69, 9.17) is 27.5 Å². The molecule has 1 heterocycles. The summed E-state index contributed by atoms with van der Waals surface area (Å²) in [5.74, 6) is -1.85. The van der Waals surface area contributed by atoms with Crippen LogP contribution in [0.1, 0.15) is 72.3 Å². The summed E-state index contributed by atoms with van der Waals surface area (Å²) in [5, 5.41) is 0. The highest BCUT2D eigenvalue weighted by atomic mass is 28.4. The Hall–Kier alpha value is -2.59. The Labute approximate surface area is 189 Å². The summed E-state index contributed by atoms with van der Waals surface area (Å²) in [6.45, 7) is 7.83. The SMILES string of the molecule is CCCCCCC1(C)OCc2cc(OC[Si](OC(C)=O)(OC(C)=O)OC(C)=O)ccc2O1. The van der Waals surface area contributed by atoms with E-state index >= 15 is 0 Å². The van der Waals surface area contributed by atoms with Crippen LogP contribution in [-0.4, -0.2) is 38.7 Å². The first-order valence-electron chi connectivity index (χ1n) is 10.7. The number of hydrogen-bond acceptors (Lipinski definition) is 9. The number of fused-ring (bicyclic) bond motifs is 1. The lowest BCUT2D eigenvalue weighted by atomic mass is 10.1. The predicted molar refractivity (Wildman–Crippen MR) is 116 cm³/mol. The molecular weight excluding hydrogens is 436 g/mol. The molecule has 10 heteroatoms. The Bertz CT molecular complexity index is 785. The van der Waals surface area contributed by atoms with Crippen molar-refractivity contribution < 1.29 is 41.9 Å². The van der Waals surface area contributed by atoms with Gasteiger partial charge in [0, 0.05) is 39.7 Å². The molecule has 9 nitrogen and oxygen atoms in total. The largest absolute Gasteiger partial charge is 0.745 e. The molecule has 0 aliphatic carbocycles. The van der Waals surface area contributed by atoms with Crippen molar-refractivity contribution in [2.75, 3.05) is 6.23 Å². The third-order valence-corrected chi connectivity index (χ3v) is 6.98. The van der Waals surface area contributed by atoms with Gasteiger partial charge in [0.15, 0.2) is 6.23 Å². The Morgan fingerprint density at radius 1 is 1.00 bits per heavy atom. The maximum Gasteiger partial charge on any atom is 0.745 e. The summed E-state index contributed by atoms with van der Waals surface area (Å²) in [6, 6.07) is 5.17. The molecule has 2 rings (SSSR count). The molecule has 0 radical (unpaired) electrons. The summed E-state index contributed by atoms with van der Waals surface area (Å²) in [4.78, 5) is 34.6. The van der Waals surface area contributed by atoms with Crippen molar-refractivity contribution in [1.29, 1.82) is 0 Å². The van der Waals surface area contributed by atoms with Gasteiger partial charge in [-0.05, 0) is 24.6 Å². The fourth-order valence-corrected chi connectivity index (χ4v) is 5.29. The second-order valence-electron chi connectivity index (χ2n) is 7.86. The highest BCUT2D eigenvalue weighted by Crippen LogP contribution is 2.36. The Morgan fingerprint density at radius 3 is 2.19 bits per heavy atom. The van der Waals surface area contributed by atoms with E-state index in [-0.39, 0.29) is 0 Å². The standard InChI is InChI=1S/C22H32O9Si/c1-6-7-8-9-12-22(5)27-14-19-13-20(10-11-21(19)28-22)26-15-32(29-16(2)23,30-17(3)24)31-18(4)25/h10-11,13H,6-9,12,14-15H2,1-5H3. The molecule has 1 aliphatic rings. The monoisotopic (exact) mass is 468 g/mol. The average molecular weight is 469 g/mol. The average Bonchev–Trinajstić information content (AvgIpc) is 2.68. The maximum atomic E-state index is 11.5. The lowest BCUT2D eigenvalue weighted by Gasteiger charge is -2.36. The van der Waals surface area contributed by atoms with Crippen molar-refractivity contribution in [2.24, 2.45) is 0 Å². The minimum atomic E-state index is -4.08. The van der Waals surface area contributed by atoms with Crippen LogP contribution < -0.4 is 9.47 Å². The van der Waals surface area contributed by atoms with E-state index < -0.39 is 38.7 Å². The molecule has 178 valence electrons. The number of benzene rings is 1. The van der Waals surface area contributed by atoms with E-state index in [1.54, 1.807) is 18.2 Å². The molecule has 0 spiro atoms. The van der Waals surface area contributed by atoms with Crippen molar-refractivity contribution in [3.05, 3.63) is 23.8 Å². The Morgan fingerprint density at radius 2 is 1.62 bits per heavy atom. The molecule has 0 saturated heterocycles. The number of ether oxygens (including phenoxy) is 3. The van der Waals surface area contributed by atoms with Crippen molar-refractivity contribution in [3.63, 3.8) is 0 Å². The van der Waals surface area contributed by atoms with Crippen LogP contribution in [0.15, 0.2) is 18.2 Å². The van der Waals surface area contributed by atoms with Gasteiger partial charge in [-0.15, -0.1) is 0 Å². The predicted octanol–water partition coefficient (Wildman–Crippen LogP) is 3.83. The highest BCUT2D eigenvalue weighted by Gasteiger charge is 2.53. The molecule has 0 N–H and O–H groups in total. The molecular formula is C22H32O9Si. The molecule has 1 atom stereocenters. The smallest absolute Gasteiger partial charge is 0.485 e.